The van der Waals surface area contributed by atoms with Crippen LogP contribution in [-0.4, -0.2) is 27.7 Å². The maximum atomic E-state index is 12.0. The van der Waals surface area contributed by atoms with Crippen molar-refractivity contribution >= 4 is 5.91 Å². The zero-order chi connectivity index (χ0) is 14.4. The molecular formula is C12H12F2N4O2. The highest BCUT2D eigenvalue weighted by Gasteiger charge is 2.06. The molecule has 0 aliphatic rings. The molecule has 0 saturated carbocycles. The number of carbonyl (C=O) groups excluding carboxylic acids is 1. The van der Waals surface area contributed by atoms with Gasteiger partial charge in [-0.1, -0.05) is 12.1 Å². The van der Waals surface area contributed by atoms with E-state index in [0.717, 1.165) is 0 Å². The van der Waals surface area contributed by atoms with E-state index in [9.17, 15) is 13.6 Å². The maximum absolute atomic E-state index is 12.0. The highest BCUT2D eigenvalue weighted by molar-refractivity contribution is 5.78. The van der Waals surface area contributed by atoms with E-state index in [4.69, 9.17) is 0 Å². The van der Waals surface area contributed by atoms with E-state index in [-0.39, 0.29) is 24.6 Å². The van der Waals surface area contributed by atoms with Crippen LogP contribution in [0.5, 0.6) is 5.75 Å². The zero-order valence-electron chi connectivity index (χ0n) is 10.3. The molecule has 0 aliphatic carbocycles. The van der Waals surface area contributed by atoms with Crippen molar-refractivity contribution in [2.24, 2.45) is 0 Å². The second kappa shape index (κ2) is 6.60. The summed E-state index contributed by atoms with van der Waals surface area (Å²) in [5, 5.41) is 8.93. The Labute approximate surface area is 113 Å². The third-order valence-electron chi connectivity index (χ3n) is 2.43. The van der Waals surface area contributed by atoms with Gasteiger partial charge in [0, 0.05) is 0 Å². The fourth-order valence-electron chi connectivity index (χ4n) is 1.53. The first-order valence-corrected chi connectivity index (χ1v) is 5.78. The summed E-state index contributed by atoms with van der Waals surface area (Å²) in [5.74, 6) is 0.411. The van der Waals surface area contributed by atoms with Crippen LogP contribution in [0, 0.1) is 0 Å². The number of nitrogens with zero attached hydrogens (tertiary/aromatic N) is 2. The first kappa shape index (κ1) is 13.9. The normalized spacial score (nSPS) is 10.6. The van der Waals surface area contributed by atoms with Gasteiger partial charge in [-0.05, 0) is 17.7 Å². The minimum atomic E-state index is -2.86. The first-order valence-electron chi connectivity index (χ1n) is 5.78. The number of benzene rings is 1. The molecular weight excluding hydrogens is 270 g/mol. The summed E-state index contributed by atoms with van der Waals surface area (Å²) in [6, 6.07) is 5.91. The van der Waals surface area contributed by atoms with Crippen LogP contribution in [0.2, 0.25) is 0 Å². The SMILES string of the molecule is O=C(Cc1ccc(OC(F)F)cc1)NCc1ncn[nH]1. The van der Waals surface area contributed by atoms with Crippen LogP contribution in [0.3, 0.4) is 0 Å². The lowest BCUT2D eigenvalue weighted by molar-refractivity contribution is -0.120. The number of alkyl halides is 2. The Bertz CT molecular complexity index is 543. The Kier molecular flexibility index (Phi) is 4.59. The smallest absolute Gasteiger partial charge is 0.387 e. The van der Waals surface area contributed by atoms with Crippen LogP contribution in [0.15, 0.2) is 30.6 Å². The lowest BCUT2D eigenvalue weighted by Crippen LogP contribution is -2.25. The molecule has 0 unspecified atom stereocenters. The molecule has 20 heavy (non-hydrogen) atoms. The van der Waals surface area contributed by atoms with Crippen LogP contribution >= 0.6 is 0 Å². The van der Waals surface area contributed by atoms with Gasteiger partial charge in [0.25, 0.3) is 0 Å². The average molecular weight is 282 g/mol. The zero-order valence-corrected chi connectivity index (χ0v) is 10.3. The molecule has 0 aliphatic heterocycles. The number of ether oxygens (including phenoxy) is 1. The number of aromatic amines is 1. The summed E-state index contributed by atoms with van der Waals surface area (Å²) in [7, 11) is 0. The number of rotatable bonds is 6. The molecule has 0 radical (unpaired) electrons. The number of hydrogen-bond acceptors (Lipinski definition) is 4. The predicted molar refractivity (Wildman–Crippen MR) is 65.0 cm³/mol. The summed E-state index contributed by atoms with van der Waals surface area (Å²) in [6.45, 7) is -2.60. The van der Waals surface area contributed by atoms with Crippen molar-refractivity contribution in [3.8, 4) is 5.75 Å². The number of amides is 1. The number of aromatic nitrogens is 3. The van der Waals surface area contributed by atoms with E-state index in [2.05, 4.69) is 25.2 Å². The molecule has 8 heteroatoms. The number of hydrogen-bond donors (Lipinski definition) is 2. The highest BCUT2D eigenvalue weighted by Crippen LogP contribution is 2.15. The Hall–Kier alpha value is -2.51. The van der Waals surface area contributed by atoms with Crippen molar-refractivity contribution in [1.29, 1.82) is 0 Å². The van der Waals surface area contributed by atoms with E-state index in [1.165, 1.54) is 18.5 Å². The molecule has 1 aromatic heterocycles. The maximum Gasteiger partial charge on any atom is 0.387 e. The summed E-state index contributed by atoms with van der Waals surface area (Å²) < 4.78 is 28.1. The molecule has 0 spiro atoms. The molecule has 0 atom stereocenters. The number of H-pyrrole nitrogens is 1. The van der Waals surface area contributed by atoms with Crippen LogP contribution in [0.4, 0.5) is 8.78 Å². The summed E-state index contributed by atoms with van der Waals surface area (Å²) >= 11 is 0. The Balaban J connectivity index is 1.81. The summed E-state index contributed by atoms with van der Waals surface area (Å²) in [5.41, 5.74) is 0.696. The van der Waals surface area contributed by atoms with Crippen molar-refractivity contribution in [2.75, 3.05) is 0 Å². The number of nitrogens with one attached hydrogen (secondary N) is 2. The average Bonchev–Trinajstić information content (AvgIpc) is 2.91. The summed E-state index contributed by atoms with van der Waals surface area (Å²) in [4.78, 5) is 15.5. The van der Waals surface area contributed by atoms with Crippen molar-refractivity contribution in [3.05, 3.63) is 42.0 Å². The van der Waals surface area contributed by atoms with Crippen LogP contribution in [0.25, 0.3) is 0 Å². The van der Waals surface area contributed by atoms with Crippen molar-refractivity contribution in [2.45, 2.75) is 19.6 Å². The largest absolute Gasteiger partial charge is 0.435 e. The van der Waals surface area contributed by atoms with E-state index in [1.807, 2.05) is 0 Å². The van der Waals surface area contributed by atoms with Gasteiger partial charge in [0.05, 0.1) is 13.0 Å². The van der Waals surface area contributed by atoms with Crippen molar-refractivity contribution in [1.82, 2.24) is 20.5 Å². The first-order chi connectivity index (χ1) is 9.63. The molecule has 2 aromatic rings. The molecule has 6 nitrogen and oxygen atoms in total. The molecule has 1 heterocycles. The molecule has 106 valence electrons. The quantitative estimate of drug-likeness (QED) is 0.836. The molecule has 2 N–H and O–H groups in total. The monoisotopic (exact) mass is 282 g/mol. The number of carbonyl (C=O) groups is 1. The minimum Gasteiger partial charge on any atom is -0.435 e. The molecule has 2 rings (SSSR count). The Morgan fingerprint density at radius 2 is 2.10 bits per heavy atom. The topological polar surface area (TPSA) is 79.9 Å². The van der Waals surface area contributed by atoms with Gasteiger partial charge < -0.3 is 10.1 Å². The lowest BCUT2D eigenvalue weighted by atomic mass is 10.1. The van der Waals surface area contributed by atoms with E-state index in [1.54, 1.807) is 12.1 Å². The second-order valence-electron chi connectivity index (χ2n) is 3.91. The van der Waals surface area contributed by atoms with Crippen molar-refractivity contribution < 1.29 is 18.3 Å². The third-order valence-corrected chi connectivity index (χ3v) is 2.43. The van der Waals surface area contributed by atoms with Gasteiger partial charge in [-0.15, -0.1) is 0 Å². The summed E-state index contributed by atoms with van der Waals surface area (Å²) in [6.07, 6.45) is 1.49. The van der Waals surface area contributed by atoms with Gasteiger partial charge in [0.1, 0.15) is 17.9 Å². The van der Waals surface area contributed by atoms with Crippen LogP contribution < -0.4 is 10.1 Å². The van der Waals surface area contributed by atoms with Gasteiger partial charge in [-0.25, -0.2) is 4.98 Å². The molecule has 1 aromatic carbocycles. The molecule has 0 bridgehead atoms. The minimum absolute atomic E-state index is 0.0609. The van der Waals surface area contributed by atoms with Gasteiger partial charge in [-0.3, -0.25) is 9.89 Å². The Morgan fingerprint density at radius 1 is 1.35 bits per heavy atom. The highest BCUT2D eigenvalue weighted by atomic mass is 19.3. The van der Waals surface area contributed by atoms with E-state index >= 15 is 0 Å². The number of halogens is 2. The van der Waals surface area contributed by atoms with Gasteiger partial charge >= 0.3 is 6.61 Å². The van der Waals surface area contributed by atoms with Crippen molar-refractivity contribution in [3.63, 3.8) is 0 Å². The Morgan fingerprint density at radius 3 is 2.70 bits per heavy atom. The molecule has 0 fully saturated rings. The molecule has 0 saturated heterocycles. The van der Waals surface area contributed by atoms with Crippen LogP contribution in [0.1, 0.15) is 11.4 Å². The van der Waals surface area contributed by atoms with Crippen LogP contribution in [-0.2, 0) is 17.8 Å². The molecule has 1 amide bonds. The standard InChI is InChI=1S/C12H12F2N4O2/c13-12(14)20-9-3-1-8(2-4-9)5-11(19)15-6-10-16-7-17-18-10/h1-4,7,12H,5-6H2,(H,15,19)(H,16,17,18). The fraction of sp³-hybridized carbons (Fsp3) is 0.250. The van der Waals surface area contributed by atoms with Gasteiger partial charge in [-0.2, -0.15) is 13.9 Å². The fourth-order valence-corrected chi connectivity index (χ4v) is 1.53. The van der Waals surface area contributed by atoms with E-state index in [0.29, 0.717) is 11.4 Å². The second-order valence-corrected chi connectivity index (χ2v) is 3.91. The van der Waals surface area contributed by atoms with Gasteiger partial charge in [0.15, 0.2) is 0 Å². The third kappa shape index (κ3) is 4.30. The lowest BCUT2D eigenvalue weighted by Gasteiger charge is -2.06. The van der Waals surface area contributed by atoms with E-state index < -0.39 is 6.61 Å². The predicted octanol–water partition coefficient (Wildman–Crippen LogP) is 1.26. The van der Waals surface area contributed by atoms with Gasteiger partial charge in [0.2, 0.25) is 5.91 Å².